The van der Waals surface area contributed by atoms with Crippen LogP contribution in [0.4, 0.5) is 0 Å². The van der Waals surface area contributed by atoms with Crippen LogP contribution in [0, 0.1) is 0 Å². The minimum atomic E-state index is -0.531. The number of rotatable bonds is 4. The summed E-state index contributed by atoms with van der Waals surface area (Å²) < 4.78 is 7.17. The van der Waals surface area contributed by atoms with E-state index in [2.05, 4.69) is 15.1 Å². The van der Waals surface area contributed by atoms with Crippen LogP contribution in [0.15, 0.2) is 65.6 Å². The second-order valence-corrected chi connectivity index (χ2v) is 5.49. The van der Waals surface area contributed by atoms with E-state index in [0.29, 0.717) is 22.3 Å². The van der Waals surface area contributed by atoms with Gasteiger partial charge in [-0.3, -0.25) is 14.6 Å². The molecule has 0 saturated heterocycles. The third kappa shape index (κ3) is 2.80. The van der Waals surface area contributed by atoms with Crippen LogP contribution in [0.3, 0.4) is 0 Å². The first-order valence-corrected chi connectivity index (χ1v) is 7.73. The highest BCUT2D eigenvalue weighted by Crippen LogP contribution is 2.20. The monoisotopic (exact) mass is 347 g/mol. The van der Waals surface area contributed by atoms with Crippen molar-refractivity contribution in [3.05, 3.63) is 76.7 Å². The first-order chi connectivity index (χ1) is 12.6. The fraction of sp³-hybridized carbons (Fsp3) is 0. The first-order valence-electron chi connectivity index (χ1n) is 7.73. The van der Waals surface area contributed by atoms with E-state index in [1.807, 2.05) is 30.3 Å². The van der Waals surface area contributed by atoms with Crippen LogP contribution in [-0.4, -0.2) is 25.7 Å². The Bertz CT molecular complexity index is 1150. The lowest BCUT2D eigenvalue weighted by molar-refractivity contribution is 0.100. The number of carbonyl (C=O) groups excluding carboxylic acids is 1. The second-order valence-electron chi connectivity index (χ2n) is 5.49. The van der Waals surface area contributed by atoms with Gasteiger partial charge in [0.25, 0.3) is 5.56 Å². The minimum absolute atomic E-state index is 0.0204. The minimum Gasteiger partial charge on any atom is -0.426 e. The number of hydrogen-bond donors (Lipinski definition) is 2. The van der Waals surface area contributed by atoms with Gasteiger partial charge >= 0.3 is 6.01 Å². The van der Waals surface area contributed by atoms with Crippen LogP contribution in [0.5, 0.6) is 11.8 Å². The zero-order valence-corrected chi connectivity index (χ0v) is 13.4. The summed E-state index contributed by atoms with van der Waals surface area (Å²) in [6.45, 7) is 0. The Morgan fingerprint density at radius 3 is 2.50 bits per heavy atom. The van der Waals surface area contributed by atoms with E-state index in [1.54, 1.807) is 16.8 Å². The SMILES string of the molecule is NC(=O)c1ccc(Oc2nc3c(cnn3-c3ccccc3)c(=O)[nH]2)cc1. The van der Waals surface area contributed by atoms with Crippen molar-refractivity contribution in [3.8, 4) is 17.4 Å². The molecule has 1 amide bonds. The Kier molecular flexibility index (Phi) is 3.70. The molecule has 3 N–H and O–H groups in total. The van der Waals surface area contributed by atoms with Crippen molar-refractivity contribution in [1.29, 1.82) is 0 Å². The van der Waals surface area contributed by atoms with E-state index >= 15 is 0 Å². The maximum absolute atomic E-state index is 12.3. The number of nitrogens with one attached hydrogen (secondary N) is 1. The lowest BCUT2D eigenvalue weighted by Gasteiger charge is -2.06. The lowest BCUT2D eigenvalue weighted by Crippen LogP contribution is -2.11. The van der Waals surface area contributed by atoms with Crippen molar-refractivity contribution in [3.63, 3.8) is 0 Å². The molecular formula is C18H13N5O3. The zero-order valence-electron chi connectivity index (χ0n) is 13.4. The van der Waals surface area contributed by atoms with E-state index in [-0.39, 0.29) is 11.6 Å². The van der Waals surface area contributed by atoms with Gasteiger partial charge in [0.15, 0.2) is 5.65 Å². The first kappa shape index (κ1) is 15.6. The van der Waals surface area contributed by atoms with Crippen LogP contribution in [0.25, 0.3) is 16.7 Å². The molecule has 128 valence electrons. The molecule has 8 heteroatoms. The number of amides is 1. The number of nitrogens with two attached hydrogens (primary N) is 1. The lowest BCUT2D eigenvalue weighted by atomic mass is 10.2. The van der Waals surface area contributed by atoms with Crippen LogP contribution >= 0.6 is 0 Å². The molecule has 0 aliphatic rings. The van der Waals surface area contributed by atoms with Crippen LogP contribution in [-0.2, 0) is 0 Å². The number of para-hydroxylation sites is 1. The zero-order chi connectivity index (χ0) is 18.1. The summed E-state index contributed by atoms with van der Waals surface area (Å²) >= 11 is 0. The van der Waals surface area contributed by atoms with Crippen LogP contribution in [0.1, 0.15) is 10.4 Å². The van der Waals surface area contributed by atoms with Crippen molar-refractivity contribution in [1.82, 2.24) is 19.7 Å². The number of benzene rings is 2. The smallest absolute Gasteiger partial charge is 0.304 e. The number of primary amides is 1. The molecule has 8 nitrogen and oxygen atoms in total. The third-order valence-corrected chi connectivity index (χ3v) is 3.77. The van der Waals surface area contributed by atoms with Gasteiger partial charge in [-0.2, -0.15) is 10.1 Å². The molecule has 0 atom stereocenters. The number of ether oxygens (including phenoxy) is 1. The molecule has 0 bridgehead atoms. The van der Waals surface area contributed by atoms with E-state index in [9.17, 15) is 9.59 Å². The fourth-order valence-corrected chi connectivity index (χ4v) is 2.50. The van der Waals surface area contributed by atoms with Crippen LogP contribution < -0.4 is 16.0 Å². The molecule has 0 aliphatic carbocycles. The summed E-state index contributed by atoms with van der Waals surface area (Å²) in [4.78, 5) is 30.3. The third-order valence-electron chi connectivity index (χ3n) is 3.77. The Balaban J connectivity index is 1.74. The summed E-state index contributed by atoms with van der Waals surface area (Å²) in [5, 5.41) is 4.58. The highest BCUT2D eigenvalue weighted by molar-refractivity contribution is 5.92. The molecule has 2 aromatic carbocycles. The summed E-state index contributed by atoms with van der Waals surface area (Å²) in [6, 6.07) is 15.6. The maximum Gasteiger partial charge on any atom is 0.304 e. The second kappa shape index (κ2) is 6.17. The van der Waals surface area contributed by atoms with Gasteiger partial charge in [-0.15, -0.1) is 0 Å². The largest absolute Gasteiger partial charge is 0.426 e. The van der Waals surface area contributed by atoms with Crippen molar-refractivity contribution < 1.29 is 9.53 Å². The topological polar surface area (TPSA) is 116 Å². The van der Waals surface area contributed by atoms with Crippen molar-refractivity contribution in [2.75, 3.05) is 0 Å². The van der Waals surface area contributed by atoms with Crippen molar-refractivity contribution in [2.24, 2.45) is 5.73 Å². The highest BCUT2D eigenvalue weighted by Gasteiger charge is 2.12. The molecule has 26 heavy (non-hydrogen) atoms. The molecule has 0 fully saturated rings. The average Bonchev–Trinajstić information content (AvgIpc) is 3.07. The maximum atomic E-state index is 12.3. The molecule has 0 spiro atoms. The number of carbonyl (C=O) groups is 1. The van der Waals surface area contributed by atoms with Gasteiger partial charge in [-0.1, -0.05) is 18.2 Å². The van der Waals surface area contributed by atoms with E-state index in [1.165, 1.54) is 18.3 Å². The van der Waals surface area contributed by atoms with Crippen LogP contribution in [0.2, 0.25) is 0 Å². The molecule has 0 saturated carbocycles. The van der Waals surface area contributed by atoms with Gasteiger partial charge in [-0.05, 0) is 36.4 Å². The van der Waals surface area contributed by atoms with Gasteiger partial charge in [-0.25, -0.2) is 4.68 Å². The predicted octanol–water partition coefficient (Wildman–Crippen LogP) is 2.00. The number of fused-ring (bicyclic) bond motifs is 1. The van der Waals surface area contributed by atoms with Gasteiger partial charge in [0.1, 0.15) is 11.1 Å². The Morgan fingerprint density at radius 1 is 1.08 bits per heavy atom. The van der Waals surface area contributed by atoms with Crippen molar-refractivity contribution >= 4 is 16.9 Å². The predicted molar refractivity (Wildman–Crippen MR) is 94.5 cm³/mol. The van der Waals surface area contributed by atoms with E-state index in [4.69, 9.17) is 10.5 Å². The van der Waals surface area contributed by atoms with E-state index in [0.717, 1.165) is 5.69 Å². The highest BCUT2D eigenvalue weighted by atomic mass is 16.5. The van der Waals surface area contributed by atoms with Gasteiger partial charge in [0.2, 0.25) is 5.91 Å². The van der Waals surface area contributed by atoms with Gasteiger partial charge in [0.05, 0.1) is 11.9 Å². The Labute approximate surface area is 146 Å². The number of nitrogens with zero attached hydrogens (tertiary/aromatic N) is 3. The Morgan fingerprint density at radius 2 is 1.81 bits per heavy atom. The molecule has 2 aromatic heterocycles. The summed E-state index contributed by atoms with van der Waals surface area (Å²) in [5.74, 6) is -0.125. The molecule has 4 aromatic rings. The fourth-order valence-electron chi connectivity index (χ4n) is 2.50. The molecule has 0 aliphatic heterocycles. The summed E-state index contributed by atoms with van der Waals surface area (Å²) in [7, 11) is 0. The molecule has 0 radical (unpaired) electrons. The molecule has 0 unspecified atom stereocenters. The van der Waals surface area contributed by atoms with E-state index < -0.39 is 5.91 Å². The summed E-state index contributed by atoms with van der Waals surface area (Å²) in [6.07, 6.45) is 1.46. The quantitative estimate of drug-likeness (QED) is 0.586. The number of aromatic nitrogens is 4. The summed E-state index contributed by atoms with van der Waals surface area (Å²) in [5.41, 5.74) is 6.36. The van der Waals surface area contributed by atoms with Crippen molar-refractivity contribution in [2.45, 2.75) is 0 Å². The van der Waals surface area contributed by atoms with Gasteiger partial charge < -0.3 is 10.5 Å². The molecular weight excluding hydrogens is 334 g/mol. The normalized spacial score (nSPS) is 10.8. The van der Waals surface area contributed by atoms with Gasteiger partial charge in [0, 0.05) is 5.56 Å². The standard InChI is InChI=1S/C18H13N5O3/c19-15(24)11-6-8-13(9-7-11)26-18-21-16-14(17(25)22-18)10-20-23(16)12-4-2-1-3-5-12/h1-10H,(H2,19,24)(H,21,22,25). The number of aromatic amines is 1. The number of H-pyrrole nitrogens is 1. The molecule has 2 heterocycles. The molecule has 4 rings (SSSR count). The number of hydrogen-bond acceptors (Lipinski definition) is 5. The average molecular weight is 347 g/mol. The Hall–Kier alpha value is -3.94.